The van der Waals surface area contributed by atoms with Crippen molar-refractivity contribution in [3.63, 3.8) is 0 Å². The molecule has 1 heterocycles. The van der Waals surface area contributed by atoms with Crippen LogP contribution >= 0.6 is 0 Å². The molecule has 0 bridgehead atoms. The fourth-order valence-electron chi connectivity index (χ4n) is 1.52. The SMILES string of the molecule is CS(=O)(=O)c1cnn(-c2cc(C(N)=O)ccc2N)c1. The molecule has 0 unspecified atom stereocenters. The van der Waals surface area contributed by atoms with Crippen LogP contribution in [0.5, 0.6) is 0 Å². The summed E-state index contributed by atoms with van der Waals surface area (Å²) in [6, 6.07) is 4.45. The van der Waals surface area contributed by atoms with Crippen molar-refractivity contribution in [1.82, 2.24) is 9.78 Å². The monoisotopic (exact) mass is 280 g/mol. The highest BCUT2D eigenvalue weighted by Crippen LogP contribution is 2.20. The molecule has 2 aromatic rings. The minimum absolute atomic E-state index is 0.0661. The lowest BCUT2D eigenvalue weighted by molar-refractivity contribution is 0.100. The van der Waals surface area contributed by atoms with Crippen LogP contribution in [0.3, 0.4) is 0 Å². The van der Waals surface area contributed by atoms with E-state index in [-0.39, 0.29) is 10.5 Å². The minimum atomic E-state index is -3.35. The van der Waals surface area contributed by atoms with Gasteiger partial charge in [0.15, 0.2) is 9.84 Å². The van der Waals surface area contributed by atoms with E-state index < -0.39 is 15.7 Å². The summed E-state index contributed by atoms with van der Waals surface area (Å²) in [5.74, 6) is -0.600. The number of carbonyl (C=O) groups is 1. The molecule has 0 aliphatic heterocycles. The van der Waals surface area contributed by atoms with Crippen LogP contribution < -0.4 is 11.5 Å². The van der Waals surface area contributed by atoms with Gasteiger partial charge in [0.25, 0.3) is 0 Å². The molecule has 0 fully saturated rings. The average Bonchev–Trinajstić information content (AvgIpc) is 2.78. The maximum atomic E-state index is 11.4. The lowest BCUT2D eigenvalue weighted by Gasteiger charge is -2.06. The van der Waals surface area contributed by atoms with Crippen molar-refractivity contribution in [1.29, 1.82) is 0 Å². The number of hydrogen-bond acceptors (Lipinski definition) is 5. The first-order chi connectivity index (χ1) is 8.79. The third-order valence-electron chi connectivity index (χ3n) is 2.55. The molecule has 19 heavy (non-hydrogen) atoms. The van der Waals surface area contributed by atoms with Gasteiger partial charge in [-0.3, -0.25) is 4.79 Å². The van der Waals surface area contributed by atoms with E-state index in [1.165, 1.54) is 35.3 Å². The van der Waals surface area contributed by atoms with E-state index in [2.05, 4.69) is 5.10 Å². The molecule has 100 valence electrons. The van der Waals surface area contributed by atoms with Crippen molar-refractivity contribution in [2.24, 2.45) is 5.73 Å². The molecule has 0 spiro atoms. The Morgan fingerprint density at radius 1 is 1.37 bits per heavy atom. The quantitative estimate of drug-likeness (QED) is 0.764. The molecular weight excluding hydrogens is 268 g/mol. The summed E-state index contributed by atoms with van der Waals surface area (Å²) in [6.07, 6.45) is 3.62. The number of nitrogen functional groups attached to an aromatic ring is 1. The van der Waals surface area contributed by atoms with Crippen LogP contribution in [-0.4, -0.2) is 30.4 Å². The highest BCUT2D eigenvalue weighted by molar-refractivity contribution is 7.90. The molecule has 0 aliphatic rings. The van der Waals surface area contributed by atoms with E-state index in [0.29, 0.717) is 11.4 Å². The Kier molecular flexibility index (Phi) is 3.03. The van der Waals surface area contributed by atoms with Gasteiger partial charge in [-0.05, 0) is 18.2 Å². The lowest BCUT2D eigenvalue weighted by atomic mass is 10.1. The van der Waals surface area contributed by atoms with Gasteiger partial charge in [-0.25, -0.2) is 13.1 Å². The number of primary amides is 1. The molecule has 0 saturated carbocycles. The van der Waals surface area contributed by atoms with Crippen LogP contribution in [0, 0.1) is 0 Å². The minimum Gasteiger partial charge on any atom is -0.397 e. The van der Waals surface area contributed by atoms with Crippen molar-refractivity contribution >= 4 is 21.4 Å². The molecule has 0 atom stereocenters. The van der Waals surface area contributed by atoms with Crippen LogP contribution in [-0.2, 0) is 9.84 Å². The second-order valence-electron chi connectivity index (χ2n) is 4.03. The number of benzene rings is 1. The van der Waals surface area contributed by atoms with Crippen molar-refractivity contribution in [3.8, 4) is 5.69 Å². The number of aromatic nitrogens is 2. The summed E-state index contributed by atoms with van der Waals surface area (Å²) in [5.41, 5.74) is 12.0. The lowest BCUT2D eigenvalue weighted by Crippen LogP contribution is -2.12. The number of sulfone groups is 1. The van der Waals surface area contributed by atoms with Crippen molar-refractivity contribution in [2.45, 2.75) is 4.90 Å². The van der Waals surface area contributed by atoms with E-state index in [4.69, 9.17) is 11.5 Å². The van der Waals surface area contributed by atoms with Crippen LogP contribution in [0.2, 0.25) is 0 Å². The topological polar surface area (TPSA) is 121 Å². The summed E-state index contributed by atoms with van der Waals surface area (Å²) in [4.78, 5) is 11.2. The second-order valence-corrected chi connectivity index (χ2v) is 6.05. The van der Waals surface area contributed by atoms with Crippen molar-refractivity contribution < 1.29 is 13.2 Å². The molecule has 1 amide bonds. The van der Waals surface area contributed by atoms with Crippen LogP contribution in [0.4, 0.5) is 5.69 Å². The molecule has 7 nitrogen and oxygen atoms in total. The first kappa shape index (κ1) is 13.1. The molecule has 8 heteroatoms. The van der Waals surface area contributed by atoms with E-state index in [1.54, 1.807) is 0 Å². The zero-order chi connectivity index (χ0) is 14.2. The largest absolute Gasteiger partial charge is 0.397 e. The predicted octanol–water partition coefficient (Wildman–Crippen LogP) is -0.0431. The molecular formula is C11H12N4O3S. The van der Waals surface area contributed by atoms with Gasteiger partial charge < -0.3 is 11.5 Å². The van der Waals surface area contributed by atoms with E-state index in [9.17, 15) is 13.2 Å². The Bertz CT molecular complexity index is 749. The van der Waals surface area contributed by atoms with Gasteiger partial charge in [-0.1, -0.05) is 0 Å². The second kappa shape index (κ2) is 4.39. The van der Waals surface area contributed by atoms with Crippen molar-refractivity contribution in [3.05, 3.63) is 36.2 Å². The van der Waals surface area contributed by atoms with Crippen LogP contribution in [0.15, 0.2) is 35.5 Å². The number of rotatable bonds is 3. The number of carbonyl (C=O) groups excluding carboxylic acids is 1. The summed E-state index contributed by atoms with van der Waals surface area (Å²) >= 11 is 0. The fourth-order valence-corrected chi connectivity index (χ4v) is 2.05. The van der Waals surface area contributed by atoms with Gasteiger partial charge in [0.05, 0.1) is 17.6 Å². The van der Waals surface area contributed by atoms with E-state index in [0.717, 1.165) is 6.26 Å². The smallest absolute Gasteiger partial charge is 0.248 e. The predicted molar refractivity (Wildman–Crippen MR) is 69.6 cm³/mol. The zero-order valence-electron chi connectivity index (χ0n) is 10.1. The van der Waals surface area contributed by atoms with Gasteiger partial charge in [0.1, 0.15) is 4.90 Å². The first-order valence-electron chi connectivity index (χ1n) is 5.23. The molecule has 0 saturated heterocycles. The normalized spacial score (nSPS) is 11.4. The molecule has 0 radical (unpaired) electrons. The Morgan fingerprint density at radius 2 is 2.05 bits per heavy atom. The van der Waals surface area contributed by atoms with Gasteiger partial charge in [0, 0.05) is 18.0 Å². The fraction of sp³-hybridized carbons (Fsp3) is 0.0909. The first-order valence-corrected chi connectivity index (χ1v) is 7.12. The number of nitrogens with two attached hydrogens (primary N) is 2. The number of hydrogen-bond donors (Lipinski definition) is 2. The number of anilines is 1. The van der Waals surface area contributed by atoms with Gasteiger partial charge in [-0.15, -0.1) is 0 Å². The Balaban J connectivity index is 2.56. The zero-order valence-corrected chi connectivity index (χ0v) is 10.9. The summed E-state index contributed by atoms with van der Waals surface area (Å²) in [7, 11) is -3.35. The molecule has 1 aromatic carbocycles. The third kappa shape index (κ3) is 2.58. The molecule has 1 aromatic heterocycles. The summed E-state index contributed by atoms with van der Waals surface area (Å²) in [6.45, 7) is 0. The maximum Gasteiger partial charge on any atom is 0.248 e. The molecule has 2 rings (SSSR count). The average molecular weight is 280 g/mol. The highest BCUT2D eigenvalue weighted by atomic mass is 32.2. The third-order valence-corrected chi connectivity index (χ3v) is 3.62. The highest BCUT2D eigenvalue weighted by Gasteiger charge is 2.13. The van der Waals surface area contributed by atoms with E-state index in [1.807, 2.05) is 0 Å². The number of nitrogens with zero attached hydrogens (tertiary/aromatic N) is 2. The summed E-state index contributed by atoms with van der Waals surface area (Å²) < 4.78 is 24.0. The van der Waals surface area contributed by atoms with E-state index >= 15 is 0 Å². The Morgan fingerprint density at radius 3 is 2.58 bits per heavy atom. The summed E-state index contributed by atoms with van der Waals surface area (Å²) in [5, 5.41) is 3.92. The number of amides is 1. The van der Waals surface area contributed by atoms with Gasteiger partial charge in [0.2, 0.25) is 5.91 Å². The van der Waals surface area contributed by atoms with Crippen molar-refractivity contribution in [2.75, 3.05) is 12.0 Å². The van der Waals surface area contributed by atoms with Gasteiger partial charge >= 0.3 is 0 Å². The van der Waals surface area contributed by atoms with Gasteiger partial charge in [-0.2, -0.15) is 5.10 Å². The molecule has 4 N–H and O–H groups in total. The Labute approximate surface area is 109 Å². The Hall–Kier alpha value is -2.35. The van der Waals surface area contributed by atoms with Crippen LogP contribution in [0.1, 0.15) is 10.4 Å². The molecule has 0 aliphatic carbocycles. The standard InChI is InChI=1S/C11H12N4O3S/c1-19(17,18)8-5-14-15(6-8)10-4-7(11(13)16)2-3-9(10)12/h2-6H,12H2,1H3,(H2,13,16). The van der Waals surface area contributed by atoms with Crippen LogP contribution in [0.25, 0.3) is 5.69 Å². The maximum absolute atomic E-state index is 11.4.